The molecule has 0 aliphatic carbocycles. The molecule has 2 N–H and O–H groups in total. The zero-order chi connectivity index (χ0) is 21.6. The molecule has 0 fully saturated rings. The summed E-state index contributed by atoms with van der Waals surface area (Å²) in [6, 6.07) is 12.0. The van der Waals surface area contributed by atoms with Crippen molar-refractivity contribution in [3.63, 3.8) is 0 Å². The molecule has 1 aromatic heterocycles. The lowest BCUT2D eigenvalue weighted by Crippen LogP contribution is -2.38. The Labute approximate surface area is 185 Å². The lowest BCUT2D eigenvalue weighted by molar-refractivity contribution is 0.223. The van der Waals surface area contributed by atoms with E-state index >= 15 is 0 Å². The third-order valence-electron chi connectivity index (χ3n) is 4.75. The highest BCUT2D eigenvalue weighted by Gasteiger charge is 2.02. The molecule has 164 valence electrons. The van der Waals surface area contributed by atoms with E-state index in [2.05, 4.69) is 58.4 Å². The van der Waals surface area contributed by atoms with Gasteiger partial charge in [-0.1, -0.05) is 43.6 Å². The molecule has 1 heterocycles. The maximum absolute atomic E-state index is 5.85. The van der Waals surface area contributed by atoms with Crippen LogP contribution in [0.2, 0.25) is 5.15 Å². The summed E-state index contributed by atoms with van der Waals surface area (Å²) in [5, 5.41) is 7.16. The fraction of sp³-hybridized carbons (Fsp3) is 0.478. The molecule has 0 radical (unpaired) electrons. The molecule has 6 nitrogen and oxygen atoms in total. The summed E-state index contributed by atoms with van der Waals surface area (Å²) in [5.74, 6) is 1.70. The summed E-state index contributed by atoms with van der Waals surface area (Å²) in [6.07, 6.45) is 2.66. The number of nitrogens with zero attached hydrogens (tertiary/aromatic N) is 3. The number of likely N-dealkylation sites (N-methyl/N-ethyl adjacent to an activating group) is 1. The highest BCUT2D eigenvalue weighted by Crippen LogP contribution is 2.13. The number of halogens is 1. The molecule has 0 aliphatic heterocycles. The van der Waals surface area contributed by atoms with E-state index in [1.807, 2.05) is 24.3 Å². The largest absolute Gasteiger partial charge is 0.492 e. The zero-order valence-electron chi connectivity index (χ0n) is 18.3. The van der Waals surface area contributed by atoms with Crippen LogP contribution < -0.4 is 15.4 Å². The highest BCUT2D eigenvalue weighted by molar-refractivity contribution is 6.29. The van der Waals surface area contributed by atoms with Gasteiger partial charge in [0.15, 0.2) is 5.96 Å². The highest BCUT2D eigenvalue weighted by atomic mass is 35.5. The van der Waals surface area contributed by atoms with E-state index in [1.54, 1.807) is 6.20 Å². The number of nitrogens with one attached hydrogen (secondary N) is 2. The molecule has 0 bridgehead atoms. The summed E-state index contributed by atoms with van der Waals surface area (Å²) in [4.78, 5) is 11.1. The minimum Gasteiger partial charge on any atom is -0.492 e. The number of benzene rings is 1. The Morgan fingerprint density at radius 2 is 1.77 bits per heavy atom. The minimum absolute atomic E-state index is 0.516. The first kappa shape index (κ1) is 24.0. The Bertz CT molecular complexity index is 745. The van der Waals surface area contributed by atoms with Crippen molar-refractivity contribution < 1.29 is 4.74 Å². The molecule has 0 atom stereocenters. The van der Waals surface area contributed by atoms with Gasteiger partial charge in [-0.15, -0.1) is 0 Å². The Morgan fingerprint density at radius 3 is 2.40 bits per heavy atom. The standard InChI is InChI=1S/C23H34ClN5O/c1-4-25-23(26-14-13-20-9-12-22(24)27-17-20)28-18-19-7-10-21(11-8-19)30-16-15-29(5-2)6-3/h7-12,17H,4-6,13-16,18H2,1-3H3,(H2,25,26,28). The third-order valence-corrected chi connectivity index (χ3v) is 4.98. The number of hydrogen-bond donors (Lipinski definition) is 2. The van der Waals surface area contributed by atoms with Gasteiger partial charge in [0, 0.05) is 25.8 Å². The van der Waals surface area contributed by atoms with Gasteiger partial charge in [0.1, 0.15) is 17.5 Å². The van der Waals surface area contributed by atoms with Gasteiger partial charge in [-0.25, -0.2) is 9.98 Å². The third kappa shape index (κ3) is 9.01. The quantitative estimate of drug-likeness (QED) is 0.304. The van der Waals surface area contributed by atoms with Gasteiger partial charge in [-0.3, -0.25) is 0 Å². The van der Waals surface area contributed by atoms with Crippen LogP contribution in [0.25, 0.3) is 0 Å². The fourth-order valence-corrected chi connectivity index (χ4v) is 3.03. The molecule has 7 heteroatoms. The minimum atomic E-state index is 0.516. The lowest BCUT2D eigenvalue weighted by atomic mass is 10.2. The molecule has 0 saturated heterocycles. The SMILES string of the molecule is CCNC(=NCc1ccc(OCCN(CC)CC)cc1)NCCc1ccc(Cl)nc1. The Balaban J connectivity index is 1.79. The molecule has 0 amide bonds. The van der Waals surface area contributed by atoms with Crippen LogP contribution >= 0.6 is 11.6 Å². The van der Waals surface area contributed by atoms with Crippen LogP contribution in [0.15, 0.2) is 47.6 Å². The van der Waals surface area contributed by atoms with Crippen molar-refractivity contribution in [2.75, 3.05) is 39.3 Å². The second-order valence-corrected chi connectivity index (χ2v) is 7.27. The Kier molecular flexibility index (Phi) is 11.0. The molecule has 0 saturated carbocycles. The van der Waals surface area contributed by atoms with E-state index in [1.165, 1.54) is 0 Å². The Hall–Kier alpha value is -2.31. The zero-order valence-corrected chi connectivity index (χ0v) is 19.1. The van der Waals surface area contributed by atoms with E-state index in [9.17, 15) is 0 Å². The van der Waals surface area contributed by atoms with Gasteiger partial charge >= 0.3 is 0 Å². The molecule has 2 aromatic rings. The van der Waals surface area contributed by atoms with E-state index in [-0.39, 0.29) is 0 Å². The lowest BCUT2D eigenvalue weighted by Gasteiger charge is -2.18. The number of aliphatic imine (C=N–C) groups is 1. The summed E-state index contributed by atoms with van der Waals surface area (Å²) in [6.45, 7) is 12.4. The molecule has 0 unspecified atom stereocenters. The van der Waals surface area contributed by atoms with Crippen LogP contribution in [-0.4, -0.2) is 55.2 Å². The summed E-state index contributed by atoms with van der Waals surface area (Å²) >= 11 is 5.83. The number of pyridine rings is 1. The maximum Gasteiger partial charge on any atom is 0.191 e. The molecule has 1 aromatic carbocycles. The molecular formula is C23H34ClN5O. The number of rotatable bonds is 12. The van der Waals surface area contributed by atoms with E-state index in [0.29, 0.717) is 18.3 Å². The number of guanidine groups is 1. The molecule has 2 rings (SSSR count). The predicted octanol–water partition coefficient (Wildman–Crippen LogP) is 3.75. The maximum atomic E-state index is 5.85. The predicted molar refractivity (Wildman–Crippen MR) is 125 cm³/mol. The summed E-state index contributed by atoms with van der Waals surface area (Å²) in [5.41, 5.74) is 2.28. The van der Waals surface area contributed by atoms with Crippen LogP contribution in [0.1, 0.15) is 31.9 Å². The van der Waals surface area contributed by atoms with Crippen molar-refractivity contribution in [2.24, 2.45) is 4.99 Å². The van der Waals surface area contributed by atoms with Gasteiger partial charge in [0.05, 0.1) is 6.54 Å². The second kappa shape index (κ2) is 13.8. The average molecular weight is 432 g/mol. The monoisotopic (exact) mass is 431 g/mol. The van der Waals surface area contributed by atoms with Gasteiger partial charge in [0.25, 0.3) is 0 Å². The van der Waals surface area contributed by atoms with Crippen LogP contribution in [0.3, 0.4) is 0 Å². The Morgan fingerprint density at radius 1 is 1.03 bits per heavy atom. The van der Waals surface area contributed by atoms with Crippen LogP contribution in [0.5, 0.6) is 5.75 Å². The topological polar surface area (TPSA) is 61.8 Å². The van der Waals surface area contributed by atoms with Gasteiger partial charge in [-0.05, 0) is 55.8 Å². The van der Waals surface area contributed by atoms with Crippen LogP contribution in [0.4, 0.5) is 0 Å². The van der Waals surface area contributed by atoms with Crippen molar-refractivity contribution in [3.8, 4) is 5.75 Å². The average Bonchev–Trinajstić information content (AvgIpc) is 2.77. The van der Waals surface area contributed by atoms with Gasteiger partial charge in [0.2, 0.25) is 0 Å². The molecule has 0 aliphatic rings. The summed E-state index contributed by atoms with van der Waals surface area (Å²) < 4.78 is 5.85. The normalized spacial score (nSPS) is 11.6. The van der Waals surface area contributed by atoms with Crippen LogP contribution in [-0.2, 0) is 13.0 Å². The smallest absolute Gasteiger partial charge is 0.191 e. The van der Waals surface area contributed by atoms with Crippen LogP contribution in [0, 0.1) is 0 Å². The van der Waals surface area contributed by atoms with E-state index in [4.69, 9.17) is 16.3 Å². The number of ether oxygens (including phenoxy) is 1. The van der Waals surface area contributed by atoms with Crippen molar-refractivity contribution in [1.29, 1.82) is 0 Å². The fourth-order valence-electron chi connectivity index (χ4n) is 2.92. The first-order chi connectivity index (χ1) is 14.6. The first-order valence-electron chi connectivity index (χ1n) is 10.7. The molecule has 0 spiro atoms. The summed E-state index contributed by atoms with van der Waals surface area (Å²) in [7, 11) is 0. The van der Waals surface area contributed by atoms with Crippen molar-refractivity contribution >= 4 is 17.6 Å². The second-order valence-electron chi connectivity index (χ2n) is 6.88. The van der Waals surface area contributed by atoms with Crippen molar-refractivity contribution in [1.82, 2.24) is 20.5 Å². The number of hydrogen-bond acceptors (Lipinski definition) is 4. The van der Waals surface area contributed by atoms with E-state index < -0.39 is 0 Å². The molecular weight excluding hydrogens is 398 g/mol. The first-order valence-corrected chi connectivity index (χ1v) is 11.1. The van der Waals surface area contributed by atoms with Crippen molar-refractivity contribution in [2.45, 2.75) is 33.7 Å². The van der Waals surface area contributed by atoms with Gasteiger partial charge < -0.3 is 20.3 Å². The number of aromatic nitrogens is 1. The van der Waals surface area contributed by atoms with Crippen molar-refractivity contribution in [3.05, 3.63) is 58.9 Å². The molecule has 30 heavy (non-hydrogen) atoms. The van der Waals surface area contributed by atoms with E-state index in [0.717, 1.165) is 62.0 Å². The van der Waals surface area contributed by atoms with Gasteiger partial charge in [-0.2, -0.15) is 0 Å².